The van der Waals surface area contributed by atoms with Gasteiger partial charge in [-0.25, -0.2) is 0 Å². The number of methoxy groups -OCH3 is 1. The average molecular weight is 474 g/mol. The van der Waals surface area contributed by atoms with Crippen LogP contribution in [0.4, 0.5) is 5.69 Å². The van der Waals surface area contributed by atoms with E-state index >= 15 is 0 Å². The van der Waals surface area contributed by atoms with Crippen LogP contribution in [0.3, 0.4) is 0 Å². The molecule has 0 aliphatic heterocycles. The zero-order valence-electron chi connectivity index (χ0n) is 15.3. The maximum Gasteiger partial charge on any atom is 0.269 e. The first-order chi connectivity index (χ1) is 14.0. The van der Waals surface area contributed by atoms with Gasteiger partial charge < -0.3 is 9.47 Å². The molecule has 0 amide bonds. The van der Waals surface area contributed by atoms with Crippen LogP contribution in [-0.4, -0.2) is 17.8 Å². The molecule has 1 heterocycles. The molecule has 0 aliphatic carbocycles. The van der Waals surface area contributed by atoms with E-state index in [1.54, 1.807) is 36.4 Å². The van der Waals surface area contributed by atoms with Gasteiger partial charge in [0.1, 0.15) is 6.61 Å². The fourth-order valence-corrected chi connectivity index (χ4v) is 3.83. The minimum atomic E-state index is -0.443. The Kier molecular flexibility index (Phi) is 6.79. The number of carbonyl (C=O) groups excluding carboxylic acids is 1. The third-order valence-electron chi connectivity index (χ3n) is 3.97. The van der Waals surface area contributed by atoms with Crippen molar-refractivity contribution in [1.29, 1.82) is 0 Å². The summed E-state index contributed by atoms with van der Waals surface area (Å²) in [4.78, 5) is 23.1. The number of carbonyl (C=O) groups is 1. The fraction of sp³-hybridized carbons (Fsp3) is 0.0952. The van der Waals surface area contributed by atoms with Crippen LogP contribution < -0.4 is 9.47 Å². The van der Waals surface area contributed by atoms with Gasteiger partial charge in [-0.2, -0.15) is 0 Å². The first-order valence-electron chi connectivity index (χ1n) is 8.47. The van der Waals surface area contributed by atoms with Crippen LogP contribution in [0.15, 0.2) is 64.5 Å². The molecule has 6 nitrogen and oxygen atoms in total. The molecular formula is C21H16BrNO5S. The molecule has 0 saturated heterocycles. The van der Waals surface area contributed by atoms with Crippen LogP contribution in [0.2, 0.25) is 0 Å². The van der Waals surface area contributed by atoms with Crippen LogP contribution in [-0.2, 0) is 6.61 Å². The highest BCUT2D eigenvalue weighted by Gasteiger charge is 2.09. The normalized spacial score (nSPS) is 10.8. The quantitative estimate of drug-likeness (QED) is 0.176. The summed E-state index contributed by atoms with van der Waals surface area (Å²) in [6.07, 6.45) is 3.24. The molecule has 29 heavy (non-hydrogen) atoms. The first kappa shape index (κ1) is 20.8. The Morgan fingerprint density at radius 1 is 1.17 bits per heavy atom. The predicted molar refractivity (Wildman–Crippen MR) is 116 cm³/mol. The molecule has 0 fully saturated rings. The summed E-state index contributed by atoms with van der Waals surface area (Å²) in [6, 6.07) is 13.3. The average Bonchev–Trinajstić information content (AvgIpc) is 3.17. The molecule has 0 aliphatic rings. The van der Waals surface area contributed by atoms with Crippen molar-refractivity contribution in [1.82, 2.24) is 0 Å². The highest BCUT2D eigenvalue weighted by atomic mass is 79.9. The number of non-ortho nitro benzene ring substituents is 1. The zero-order chi connectivity index (χ0) is 20.8. The molecule has 0 saturated carbocycles. The molecule has 1 aromatic heterocycles. The number of nitro groups is 1. The van der Waals surface area contributed by atoms with Gasteiger partial charge in [-0.3, -0.25) is 14.9 Å². The number of benzene rings is 2. The van der Waals surface area contributed by atoms with Crippen LogP contribution in [0.5, 0.6) is 11.5 Å². The summed E-state index contributed by atoms with van der Waals surface area (Å²) < 4.78 is 12.0. The maximum atomic E-state index is 12.2. The number of hydrogen-bond acceptors (Lipinski definition) is 6. The van der Waals surface area contributed by atoms with E-state index in [0.717, 1.165) is 15.6 Å². The second-order valence-electron chi connectivity index (χ2n) is 5.95. The lowest BCUT2D eigenvalue weighted by atomic mass is 10.1. The van der Waals surface area contributed by atoms with Gasteiger partial charge in [0, 0.05) is 22.0 Å². The molecule has 3 rings (SSSR count). The number of allylic oxidation sites excluding steroid dienone is 1. The first-order valence-corrected chi connectivity index (χ1v) is 10.1. The molecule has 0 spiro atoms. The van der Waals surface area contributed by atoms with Crippen LogP contribution >= 0.6 is 27.3 Å². The minimum absolute atomic E-state index is 0.0342. The topological polar surface area (TPSA) is 78.7 Å². The van der Waals surface area contributed by atoms with Crippen molar-refractivity contribution in [2.45, 2.75) is 6.61 Å². The van der Waals surface area contributed by atoms with Crippen molar-refractivity contribution in [2.24, 2.45) is 0 Å². The summed E-state index contributed by atoms with van der Waals surface area (Å²) >= 11 is 4.72. The highest BCUT2D eigenvalue weighted by molar-refractivity contribution is 9.10. The Balaban J connectivity index is 1.67. The summed E-state index contributed by atoms with van der Waals surface area (Å²) in [5.41, 5.74) is 1.63. The van der Waals surface area contributed by atoms with E-state index < -0.39 is 4.92 Å². The molecule has 0 bridgehead atoms. The summed E-state index contributed by atoms with van der Waals surface area (Å²) in [7, 11) is 1.54. The van der Waals surface area contributed by atoms with Crippen molar-refractivity contribution < 1.29 is 19.2 Å². The van der Waals surface area contributed by atoms with Crippen molar-refractivity contribution in [3.8, 4) is 11.5 Å². The Morgan fingerprint density at radius 3 is 2.55 bits per heavy atom. The summed E-state index contributed by atoms with van der Waals surface area (Å²) in [6.45, 7) is 0.245. The number of rotatable bonds is 8. The molecule has 0 radical (unpaired) electrons. The SMILES string of the molecule is COc1cc(/C=C/C(=O)c2cc(Br)cs2)ccc1OCc1ccc([N+](=O)[O-])cc1. The monoisotopic (exact) mass is 473 g/mol. The maximum absolute atomic E-state index is 12.2. The largest absolute Gasteiger partial charge is 0.493 e. The second kappa shape index (κ2) is 9.49. The highest BCUT2D eigenvalue weighted by Crippen LogP contribution is 2.30. The molecule has 0 N–H and O–H groups in total. The van der Waals surface area contributed by atoms with Gasteiger partial charge in [-0.15, -0.1) is 11.3 Å². The fourth-order valence-electron chi connectivity index (χ4n) is 2.48. The van der Waals surface area contributed by atoms with E-state index in [4.69, 9.17) is 9.47 Å². The van der Waals surface area contributed by atoms with Crippen molar-refractivity contribution in [2.75, 3.05) is 7.11 Å². The van der Waals surface area contributed by atoms with E-state index in [2.05, 4.69) is 15.9 Å². The van der Waals surface area contributed by atoms with Gasteiger partial charge in [0.25, 0.3) is 5.69 Å². The predicted octanol–water partition coefficient (Wildman–Crippen LogP) is 5.90. The molecule has 148 valence electrons. The molecule has 8 heteroatoms. The lowest BCUT2D eigenvalue weighted by Crippen LogP contribution is -1.98. The number of ether oxygens (including phenoxy) is 2. The standard InChI is InChI=1S/C21H16BrNO5S/c1-27-20-10-14(4-8-18(24)21-11-16(22)13-29-21)5-9-19(20)28-12-15-2-6-17(7-3-15)23(25)26/h2-11,13H,12H2,1H3/b8-4+. The number of thiophene rings is 1. The van der Waals surface area contributed by atoms with Crippen LogP contribution in [0, 0.1) is 10.1 Å². The molecule has 0 unspecified atom stereocenters. The van der Waals surface area contributed by atoms with Crippen LogP contribution in [0.1, 0.15) is 20.8 Å². The van der Waals surface area contributed by atoms with Gasteiger partial charge >= 0.3 is 0 Å². The summed E-state index contributed by atoms with van der Waals surface area (Å²) in [5, 5.41) is 12.6. The zero-order valence-corrected chi connectivity index (χ0v) is 17.7. The van der Waals surface area contributed by atoms with Gasteiger partial charge in [0.2, 0.25) is 0 Å². The van der Waals surface area contributed by atoms with Crippen LogP contribution in [0.25, 0.3) is 6.08 Å². The lowest BCUT2D eigenvalue weighted by Gasteiger charge is -2.11. The Hall–Kier alpha value is -2.97. The van der Waals surface area contributed by atoms with Gasteiger partial charge in [0.05, 0.1) is 16.9 Å². The van der Waals surface area contributed by atoms with E-state index in [9.17, 15) is 14.9 Å². The van der Waals surface area contributed by atoms with Crippen molar-refractivity contribution >= 4 is 44.8 Å². The number of nitrogens with zero attached hydrogens (tertiary/aromatic N) is 1. The Bertz CT molecular complexity index is 1060. The number of halogens is 1. The van der Waals surface area contributed by atoms with E-state index in [1.165, 1.54) is 36.7 Å². The third-order valence-corrected chi connectivity index (χ3v) is 5.67. The van der Waals surface area contributed by atoms with Gasteiger partial charge in [-0.1, -0.05) is 12.1 Å². The van der Waals surface area contributed by atoms with E-state index in [-0.39, 0.29) is 18.1 Å². The third kappa shape index (κ3) is 5.52. The Labute approximate surface area is 179 Å². The van der Waals surface area contributed by atoms with Crippen molar-refractivity contribution in [3.05, 3.63) is 90.6 Å². The van der Waals surface area contributed by atoms with Gasteiger partial charge in [-0.05, 0) is 63.5 Å². The number of ketones is 1. The second-order valence-corrected chi connectivity index (χ2v) is 7.78. The smallest absolute Gasteiger partial charge is 0.269 e. The van der Waals surface area contributed by atoms with E-state index in [0.29, 0.717) is 16.4 Å². The molecule has 2 aromatic carbocycles. The van der Waals surface area contributed by atoms with Crippen molar-refractivity contribution in [3.63, 3.8) is 0 Å². The van der Waals surface area contributed by atoms with Gasteiger partial charge in [0.15, 0.2) is 17.3 Å². The molecular weight excluding hydrogens is 458 g/mol. The van der Waals surface area contributed by atoms with E-state index in [1.807, 2.05) is 11.4 Å². The minimum Gasteiger partial charge on any atom is -0.493 e. The summed E-state index contributed by atoms with van der Waals surface area (Å²) in [5.74, 6) is 0.995. The molecule has 3 aromatic rings. The molecule has 0 atom stereocenters. The lowest BCUT2D eigenvalue weighted by molar-refractivity contribution is -0.384. The Morgan fingerprint density at radius 2 is 1.93 bits per heavy atom. The number of nitro benzene ring substituents is 1. The number of hydrogen-bond donors (Lipinski definition) is 0.